The van der Waals surface area contributed by atoms with E-state index in [0.717, 1.165) is 11.3 Å². The smallest absolute Gasteiger partial charge is 0.271 e. The van der Waals surface area contributed by atoms with Crippen LogP contribution in [0.1, 0.15) is 11.1 Å². The summed E-state index contributed by atoms with van der Waals surface area (Å²) in [6.07, 6.45) is 1.53. The summed E-state index contributed by atoms with van der Waals surface area (Å²) in [4.78, 5) is 4.03. The second-order valence-electron chi connectivity index (χ2n) is 5.21. The van der Waals surface area contributed by atoms with E-state index in [1.165, 1.54) is 18.3 Å². The monoisotopic (exact) mass is 405 g/mol. The van der Waals surface area contributed by atoms with Crippen LogP contribution in [0.2, 0.25) is 4.34 Å². The van der Waals surface area contributed by atoms with Crippen molar-refractivity contribution in [2.24, 2.45) is 0 Å². The maximum Gasteiger partial charge on any atom is 0.271 e. The molecule has 9 heteroatoms. The summed E-state index contributed by atoms with van der Waals surface area (Å²) in [5, 5.41) is 9.08. The molecule has 2 heterocycles. The molecule has 0 amide bonds. The largest absolute Gasteiger partial charge is 0.438 e. The number of nitrogens with zero attached hydrogens (tertiary/aromatic N) is 2. The summed E-state index contributed by atoms with van der Waals surface area (Å²) in [5.41, 5.74) is 1.39. The van der Waals surface area contributed by atoms with Crippen molar-refractivity contribution in [3.8, 4) is 17.7 Å². The van der Waals surface area contributed by atoms with Crippen LogP contribution in [-0.2, 0) is 10.0 Å². The van der Waals surface area contributed by atoms with Gasteiger partial charge in [0.25, 0.3) is 10.0 Å². The Morgan fingerprint density at radius 2 is 2.08 bits per heavy atom. The number of sulfonamides is 1. The van der Waals surface area contributed by atoms with Gasteiger partial charge in [-0.05, 0) is 55.0 Å². The summed E-state index contributed by atoms with van der Waals surface area (Å²) in [5.74, 6) is 0.635. The molecule has 6 nitrogen and oxygen atoms in total. The number of benzene rings is 1. The molecule has 2 aromatic heterocycles. The number of aryl methyl sites for hydroxylation is 1. The minimum absolute atomic E-state index is 0.134. The van der Waals surface area contributed by atoms with Gasteiger partial charge in [-0.1, -0.05) is 11.6 Å². The first-order chi connectivity index (χ1) is 12.4. The number of nitriles is 1. The van der Waals surface area contributed by atoms with Crippen molar-refractivity contribution in [3.63, 3.8) is 0 Å². The van der Waals surface area contributed by atoms with Gasteiger partial charge in [0.2, 0.25) is 5.88 Å². The lowest BCUT2D eigenvalue weighted by atomic mass is 10.2. The number of pyridine rings is 1. The molecule has 1 aromatic carbocycles. The molecule has 0 unspecified atom stereocenters. The number of aromatic nitrogens is 1. The Morgan fingerprint density at radius 3 is 2.73 bits per heavy atom. The van der Waals surface area contributed by atoms with Crippen LogP contribution in [0.25, 0.3) is 0 Å². The summed E-state index contributed by atoms with van der Waals surface area (Å²) in [6.45, 7) is 1.75. The van der Waals surface area contributed by atoms with E-state index in [1.54, 1.807) is 37.3 Å². The molecule has 3 rings (SSSR count). The Kier molecular flexibility index (Phi) is 5.13. The lowest BCUT2D eigenvalue weighted by Crippen LogP contribution is -2.12. The van der Waals surface area contributed by atoms with Gasteiger partial charge in [0, 0.05) is 6.20 Å². The Bertz CT molecular complexity index is 1100. The molecule has 26 heavy (non-hydrogen) atoms. The second kappa shape index (κ2) is 7.33. The van der Waals surface area contributed by atoms with Gasteiger partial charge in [0.1, 0.15) is 21.6 Å². The highest BCUT2D eigenvalue weighted by atomic mass is 35.5. The standard InChI is InChI=1S/C17H12ClN3O3S2/c1-11-9-13(24-17-12(10-19)3-2-8-20-17)4-5-14(11)21-26(22,23)16-7-6-15(18)25-16/h2-9,21H,1H3. The lowest BCUT2D eigenvalue weighted by Gasteiger charge is -2.12. The average Bonchev–Trinajstić information content (AvgIpc) is 3.05. The van der Waals surface area contributed by atoms with Gasteiger partial charge in [0.05, 0.1) is 10.0 Å². The fourth-order valence-electron chi connectivity index (χ4n) is 2.12. The highest BCUT2D eigenvalue weighted by Crippen LogP contribution is 2.30. The van der Waals surface area contributed by atoms with Gasteiger partial charge >= 0.3 is 0 Å². The van der Waals surface area contributed by atoms with E-state index in [1.807, 2.05) is 6.07 Å². The zero-order chi connectivity index (χ0) is 18.7. The molecule has 0 saturated carbocycles. The minimum atomic E-state index is -3.71. The molecule has 0 aliphatic heterocycles. The first-order valence-electron chi connectivity index (χ1n) is 7.31. The van der Waals surface area contributed by atoms with Crippen molar-refractivity contribution in [1.82, 2.24) is 4.98 Å². The topological polar surface area (TPSA) is 92.1 Å². The van der Waals surface area contributed by atoms with Crippen LogP contribution in [0.5, 0.6) is 11.6 Å². The van der Waals surface area contributed by atoms with E-state index in [-0.39, 0.29) is 10.1 Å². The zero-order valence-corrected chi connectivity index (χ0v) is 15.8. The van der Waals surface area contributed by atoms with Crippen molar-refractivity contribution in [2.45, 2.75) is 11.1 Å². The number of anilines is 1. The van der Waals surface area contributed by atoms with Crippen molar-refractivity contribution < 1.29 is 13.2 Å². The third-order valence-corrected chi connectivity index (χ3v) is 6.45. The Balaban J connectivity index is 1.83. The van der Waals surface area contributed by atoms with Crippen molar-refractivity contribution >= 4 is 38.6 Å². The molecule has 0 aliphatic rings. The number of ether oxygens (including phenoxy) is 1. The number of nitrogens with one attached hydrogen (secondary N) is 1. The summed E-state index contributed by atoms with van der Waals surface area (Å²) >= 11 is 6.78. The van der Waals surface area contributed by atoms with Crippen molar-refractivity contribution in [1.29, 1.82) is 5.26 Å². The van der Waals surface area contributed by atoms with E-state index in [9.17, 15) is 8.42 Å². The molecule has 0 spiro atoms. The summed E-state index contributed by atoms with van der Waals surface area (Å²) in [7, 11) is -3.71. The highest BCUT2D eigenvalue weighted by Gasteiger charge is 2.18. The first-order valence-corrected chi connectivity index (χ1v) is 9.98. The molecule has 0 radical (unpaired) electrons. The molecule has 0 bridgehead atoms. The van der Waals surface area contributed by atoms with E-state index >= 15 is 0 Å². The molecule has 3 aromatic rings. The van der Waals surface area contributed by atoms with Gasteiger partial charge < -0.3 is 4.74 Å². The third-order valence-electron chi connectivity index (χ3n) is 3.36. The SMILES string of the molecule is Cc1cc(Oc2ncccc2C#N)ccc1NS(=O)(=O)c1ccc(Cl)s1. The van der Waals surface area contributed by atoms with Gasteiger partial charge in [-0.15, -0.1) is 11.3 Å². The molecular formula is C17H12ClN3O3S2. The van der Waals surface area contributed by atoms with E-state index in [4.69, 9.17) is 21.6 Å². The quantitative estimate of drug-likeness (QED) is 0.671. The van der Waals surface area contributed by atoms with Gasteiger partial charge in [-0.3, -0.25) is 4.72 Å². The van der Waals surface area contributed by atoms with E-state index in [0.29, 0.717) is 26.9 Å². The van der Waals surface area contributed by atoms with Crippen molar-refractivity contribution in [2.75, 3.05) is 4.72 Å². The molecule has 0 aliphatic carbocycles. The second-order valence-corrected chi connectivity index (χ2v) is 8.84. The number of thiophene rings is 1. The molecule has 0 saturated heterocycles. The maximum absolute atomic E-state index is 12.4. The maximum atomic E-state index is 12.4. The van der Waals surface area contributed by atoms with Crippen LogP contribution < -0.4 is 9.46 Å². The fourth-order valence-corrected chi connectivity index (χ4v) is 4.73. The molecule has 0 atom stereocenters. The van der Waals surface area contributed by atoms with Crippen LogP contribution in [0.15, 0.2) is 52.9 Å². The average molecular weight is 406 g/mol. The summed E-state index contributed by atoms with van der Waals surface area (Å²) < 4.78 is 33.5. The third kappa shape index (κ3) is 3.96. The number of rotatable bonds is 5. The highest BCUT2D eigenvalue weighted by molar-refractivity contribution is 7.94. The van der Waals surface area contributed by atoms with Crippen LogP contribution in [0.4, 0.5) is 5.69 Å². The van der Waals surface area contributed by atoms with Gasteiger partial charge in [-0.25, -0.2) is 13.4 Å². The molecule has 1 N–H and O–H groups in total. The molecule has 0 fully saturated rings. The number of halogens is 1. The molecular weight excluding hydrogens is 394 g/mol. The number of hydrogen-bond acceptors (Lipinski definition) is 6. The molecule has 132 valence electrons. The fraction of sp³-hybridized carbons (Fsp3) is 0.0588. The van der Waals surface area contributed by atoms with E-state index < -0.39 is 10.0 Å². The lowest BCUT2D eigenvalue weighted by molar-refractivity contribution is 0.461. The van der Waals surface area contributed by atoms with E-state index in [2.05, 4.69) is 9.71 Å². The predicted octanol–water partition coefficient (Wildman–Crippen LogP) is 4.57. The normalized spacial score (nSPS) is 11.0. The van der Waals surface area contributed by atoms with Crippen molar-refractivity contribution in [3.05, 3.63) is 64.1 Å². The van der Waals surface area contributed by atoms with Crippen LogP contribution in [0, 0.1) is 18.3 Å². The Morgan fingerprint density at radius 1 is 1.27 bits per heavy atom. The predicted molar refractivity (Wildman–Crippen MR) is 100 cm³/mol. The number of hydrogen-bond donors (Lipinski definition) is 1. The Hall–Kier alpha value is -2.60. The van der Waals surface area contributed by atoms with Gasteiger partial charge in [-0.2, -0.15) is 5.26 Å². The van der Waals surface area contributed by atoms with Crippen LogP contribution in [0.3, 0.4) is 0 Å². The summed E-state index contributed by atoms with van der Waals surface area (Å²) in [6, 6.07) is 13.1. The Labute approximate surface area is 159 Å². The zero-order valence-electron chi connectivity index (χ0n) is 13.4. The van der Waals surface area contributed by atoms with Gasteiger partial charge in [0.15, 0.2) is 0 Å². The first kappa shape index (κ1) is 18.2. The van der Waals surface area contributed by atoms with Crippen LogP contribution in [-0.4, -0.2) is 13.4 Å². The van der Waals surface area contributed by atoms with Crippen LogP contribution >= 0.6 is 22.9 Å². The minimum Gasteiger partial charge on any atom is -0.438 e.